The minimum Gasteiger partial charge on any atom is -0.778 e. The number of carbonyl (C=O) groups excluding carboxylic acids is 4. The highest BCUT2D eigenvalue weighted by molar-refractivity contribution is 8.00. The van der Waals surface area contributed by atoms with Gasteiger partial charge in [-0.25, -0.2) is 46.5 Å². The number of hydrogen-bond donors (Lipinski definition) is 7. The van der Waals surface area contributed by atoms with Crippen LogP contribution in [-0.4, -0.2) is 187 Å². The summed E-state index contributed by atoms with van der Waals surface area (Å²) in [4.78, 5) is 116. The molecule has 44 heteroatoms. The fraction of sp³-hybridized carbons (Fsp3) is 0.392. The van der Waals surface area contributed by atoms with Gasteiger partial charge in [-0.05, 0) is 84.3 Å². The molecule has 0 bridgehead atoms. The number of carboxylic acids is 1. The van der Waals surface area contributed by atoms with Crippen LogP contribution < -0.4 is 54.2 Å². The number of nitrogens with zero attached hydrogens (tertiary/aromatic N) is 10. The summed E-state index contributed by atoms with van der Waals surface area (Å²) in [7, 11) is -4.40. The summed E-state index contributed by atoms with van der Waals surface area (Å²) in [5, 5.41) is 13.8. The number of esters is 1. The average molecular weight is 1480 g/mol. The normalized spacial score (nSPS) is 12.5. The number of aryl methyl sites for hydroxylation is 2. The molecule has 1 atom stereocenters. The predicted molar refractivity (Wildman–Crippen MR) is 339 cm³/mol. The zero-order valence-corrected chi connectivity index (χ0v) is 57.6. The zero-order valence-electron chi connectivity index (χ0n) is 51.9. The molecular weight excluding hydrogens is 1410 g/mol. The lowest BCUT2D eigenvalue weighted by molar-refractivity contribution is -0.193. The summed E-state index contributed by atoms with van der Waals surface area (Å²) in [5.41, 5.74) is -0.176. The van der Waals surface area contributed by atoms with E-state index in [0.717, 1.165) is 48.1 Å². The van der Waals surface area contributed by atoms with Crippen molar-refractivity contribution < 1.29 is 96.8 Å². The van der Waals surface area contributed by atoms with Gasteiger partial charge >= 0.3 is 41.1 Å². The Kier molecular flexibility index (Phi) is 32.3. The second-order valence-corrected chi connectivity index (χ2v) is 28.7. The summed E-state index contributed by atoms with van der Waals surface area (Å²) in [6, 6.07) is 9.36. The number of carboxylic acid groups (broad SMARTS) is 1. The number of nitrogens with one attached hydrogen (secondary N) is 5. The van der Waals surface area contributed by atoms with Crippen LogP contribution in [0.2, 0.25) is 5.02 Å². The first-order chi connectivity index (χ1) is 44.3. The van der Waals surface area contributed by atoms with E-state index >= 15 is 0 Å². The Morgan fingerprint density at radius 3 is 1.99 bits per heavy atom. The van der Waals surface area contributed by atoms with Gasteiger partial charge in [-0.3, -0.25) is 39.8 Å². The van der Waals surface area contributed by atoms with Crippen LogP contribution in [0.3, 0.4) is 0 Å². The molecular formula is C51H65ClF4N15O18PS5. The number of halogens is 5. The number of thioether (sulfide) groups is 1. The van der Waals surface area contributed by atoms with Crippen molar-refractivity contribution in [2.75, 3.05) is 90.5 Å². The maximum atomic E-state index is 14.3. The molecule has 95 heavy (non-hydrogen) atoms. The Labute approximate surface area is 556 Å². The fourth-order valence-corrected chi connectivity index (χ4v) is 11.5. The number of ether oxygens (including phenoxy) is 4. The first-order valence-corrected chi connectivity index (χ1v) is 35.9. The van der Waals surface area contributed by atoms with Crippen LogP contribution in [0.5, 0.6) is 17.8 Å². The van der Waals surface area contributed by atoms with Gasteiger partial charge in [-0.15, -0.1) is 11.8 Å². The topological polar surface area (TPSA) is 451 Å². The molecule has 0 radical (unpaired) electrons. The third kappa shape index (κ3) is 28.8. The van der Waals surface area contributed by atoms with Crippen molar-refractivity contribution in [2.45, 2.75) is 66.7 Å². The molecule has 4 aromatic heterocycles. The minimum absolute atomic E-state index is 0.0605. The molecule has 5 heterocycles. The summed E-state index contributed by atoms with van der Waals surface area (Å²) in [6.45, 7) is 2.35. The molecule has 0 saturated heterocycles. The first-order valence-electron chi connectivity index (χ1n) is 26.5. The van der Waals surface area contributed by atoms with Crippen molar-refractivity contribution in [1.82, 2.24) is 58.9 Å². The molecule has 0 aliphatic carbocycles. The quantitative estimate of drug-likeness (QED) is 0.0188. The molecule has 522 valence electrons. The maximum Gasteiger partial charge on any atom is 0.389 e. The number of urea groups is 2. The largest absolute Gasteiger partial charge is 0.778 e. The van der Waals surface area contributed by atoms with E-state index in [1.54, 1.807) is 18.8 Å². The average Bonchev–Trinajstić information content (AvgIpc) is 1.78. The van der Waals surface area contributed by atoms with E-state index in [-0.39, 0.29) is 68.0 Å². The minimum atomic E-state index is -4.46. The fourth-order valence-electron chi connectivity index (χ4n) is 6.87. The molecule has 1 aliphatic heterocycles. The van der Waals surface area contributed by atoms with Crippen LogP contribution in [0.1, 0.15) is 41.0 Å². The smallest absolute Gasteiger partial charge is 0.389 e. The van der Waals surface area contributed by atoms with Crippen molar-refractivity contribution >= 4 is 121 Å². The van der Waals surface area contributed by atoms with Crippen molar-refractivity contribution in [3.8, 4) is 17.8 Å². The molecule has 5 amide bonds. The number of carbonyl (C=O) groups is 5. The van der Waals surface area contributed by atoms with Crippen LogP contribution in [0.4, 0.5) is 44.7 Å². The van der Waals surface area contributed by atoms with Crippen molar-refractivity contribution in [3.05, 3.63) is 103 Å². The molecule has 7 N–H and O–H groups in total. The second kappa shape index (κ2) is 37.9. The number of alkyl halides is 3. The molecule has 7 rings (SSSR count). The van der Waals surface area contributed by atoms with E-state index in [9.17, 15) is 72.6 Å². The molecule has 1 aliphatic rings. The number of hydrogen-bond acceptors (Lipinski definition) is 26. The van der Waals surface area contributed by atoms with Gasteiger partial charge in [0.05, 0.1) is 87.3 Å². The number of anilines is 2. The molecule has 1 unspecified atom stereocenters. The van der Waals surface area contributed by atoms with Gasteiger partial charge in [-0.2, -0.15) is 46.5 Å². The second-order valence-electron chi connectivity index (χ2n) is 19.0. The number of sulfonamides is 2. The Bertz CT molecular complexity index is 4050. The number of aliphatic carboxylic acids is 1. The summed E-state index contributed by atoms with van der Waals surface area (Å²) in [6.07, 6.45) is 2.76. The zero-order chi connectivity index (χ0) is 71.6. The van der Waals surface area contributed by atoms with Gasteiger partial charge in [0, 0.05) is 44.7 Å². The van der Waals surface area contributed by atoms with E-state index in [0.29, 0.717) is 33.7 Å². The summed E-state index contributed by atoms with van der Waals surface area (Å²) >= 11 is 8.17. The number of rotatable bonds is 20. The van der Waals surface area contributed by atoms with E-state index in [2.05, 4.69) is 69.0 Å². The Morgan fingerprint density at radius 1 is 0.863 bits per heavy atom. The van der Waals surface area contributed by atoms with Crippen molar-refractivity contribution in [1.29, 1.82) is 0 Å². The van der Waals surface area contributed by atoms with E-state index < -0.39 is 105 Å². The number of benzene rings is 2. The molecule has 0 spiro atoms. The van der Waals surface area contributed by atoms with Gasteiger partial charge in [0.2, 0.25) is 28.5 Å². The lowest BCUT2D eigenvalue weighted by Gasteiger charge is -2.15. The van der Waals surface area contributed by atoms with Crippen LogP contribution in [0.15, 0.2) is 85.4 Å². The molecule has 6 aromatic rings. The van der Waals surface area contributed by atoms with Gasteiger partial charge in [0.1, 0.15) is 24.9 Å². The van der Waals surface area contributed by atoms with Gasteiger partial charge in [-0.1, -0.05) is 29.8 Å². The lowest BCUT2D eigenvalue weighted by Crippen LogP contribution is -2.36. The predicted octanol–water partition coefficient (Wildman–Crippen LogP) is 3.75. The first kappa shape index (κ1) is 81.1. The Morgan fingerprint density at radius 2 is 1.44 bits per heavy atom. The standard InChI is InChI=1S/C15H15ClFN3O3S2.C15H16F3N5O4S.C15H18N6O6S.C3H8NO5P.C3H9S/c1-23-13(21)8-24-12-7-11(10(17)6-9(12)16)18-14-19-4-2-3-5-20(19)15(22)25-14;1-9-19-12(22-14(20-9)27-2)21-13(24)23-28(25,26)11-6-4-3-5-10(11)7-8-15(16,17)18;1-21(2)13(22)9-6-5-7-16-12(9)28(24,25)20-15(23)19-14-17-10(26-3)8-11(18-14)27-4;5-3(6)1-4-2-10(7,8)9;1-4(2)3/h6-7H,2-5,8H2,1H3;3-6H,7-8H2,1-2H3,(H2,19,20,21,22,23,24);5-8H,1-4H3,(H2,17,18,19,20,23);4H,1-2H2,(H,5,6)(H2,7,8,9);1-3H3/q;;;;+1/p-1. The number of aromatic nitrogens is 8. The van der Waals surface area contributed by atoms with E-state index in [4.69, 9.17) is 35.8 Å². The van der Waals surface area contributed by atoms with Gasteiger partial charge in [0.15, 0.2) is 5.03 Å². The molecule has 2 aromatic carbocycles. The monoisotopic (exact) mass is 1480 g/mol. The molecule has 0 fully saturated rings. The third-order valence-electron chi connectivity index (χ3n) is 10.8. The van der Waals surface area contributed by atoms with Crippen LogP contribution in [0.25, 0.3) is 0 Å². The highest BCUT2D eigenvalue weighted by atomic mass is 35.5. The van der Waals surface area contributed by atoms with Crippen LogP contribution >= 0.6 is 42.3 Å². The van der Waals surface area contributed by atoms with E-state index in [1.807, 2.05) is 5.32 Å². The van der Waals surface area contributed by atoms with Crippen LogP contribution in [-0.2, 0) is 69.3 Å². The summed E-state index contributed by atoms with van der Waals surface area (Å²) in [5.74, 6) is -2.81. The SMILES string of the molecule is COC(=O)CSc1cc(N=c2sc(=O)n3n2CCCC3)c(F)cc1Cl.COc1cc(OC)nc(NC(=O)NS(=O)(=O)c2ncccc2C(=O)N(C)C)n1.COc1nc(C)nc(NC(=O)NS(=O)(=O)c2ccccc2CCC(F)(F)F)n1.C[S+](C)C.O=C(O)CNCP(=O)([O-])O. The van der Waals surface area contributed by atoms with Gasteiger partial charge in [0.25, 0.3) is 26.0 Å². The summed E-state index contributed by atoms with van der Waals surface area (Å²) < 4.78 is 138. The number of amides is 5. The highest BCUT2D eigenvalue weighted by Crippen LogP contribution is 2.34. The van der Waals surface area contributed by atoms with Gasteiger partial charge < -0.3 is 43.3 Å². The lowest BCUT2D eigenvalue weighted by atomic mass is 10.1. The highest BCUT2D eigenvalue weighted by Gasteiger charge is 2.30. The van der Waals surface area contributed by atoms with Crippen molar-refractivity contribution in [3.63, 3.8) is 0 Å². The number of pyridine rings is 1. The number of methoxy groups -OCH3 is 4. The number of fused-ring (bicyclic) bond motifs is 1. The van der Waals surface area contributed by atoms with Crippen LogP contribution in [0, 0.1) is 12.7 Å². The maximum absolute atomic E-state index is 14.3. The van der Waals surface area contributed by atoms with Crippen molar-refractivity contribution in [2.24, 2.45) is 4.99 Å². The van der Waals surface area contributed by atoms with E-state index in [1.165, 1.54) is 103 Å². The Balaban J connectivity index is 0.000000337. The molecule has 33 nitrogen and oxygen atoms in total. The Hall–Kier alpha value is -8.09. The molecule has 0 saturated carbocycles. The third-order valence-corrected chi connectivity index (χ3v) is 16.5.